The van der Waals surface area contributed by atoms with Crippen LogP contribution in [0.1, 0.15) is 59.1 Å². The third-order valence-electron chi connectivity index (χ3n) is 7.05. The van der Waals surface area contributed by atoms with Crippen LogP contribution in [0.4, 0.5) is 0 Å². The minimum atomic E-state index is -1.97. The van der Waals surface area contributed by atoms with Crippen molar-refractivity contribution in [1.29, 1.82) is 0 Å². The highest BCUT2D eigenvalue weighted by Gasteiger charge is 2.73. The lowest BCUT2D eigenvalue weighted by atomic mass is 9.96. The molecule has 0 amide bonds. The third kappa shape index (κ3) is 4.47. The van der Waals surface area contributed by atoms with Crippen molar-refractivity contribution in [3.63, 3.8) is 0 Å². The van der Waals surface area contributed by atoms with Crippen LogP contribution in [0.3, 0.4) is 0 Å². The standard InChI is InChI=1S/C26H39NO3SSi/c1-8-32(9-2,10-3)30-26(22-14-12-11-13-15-22)20-25(26,27-31(28)24(4,5)6)21-16-18-23(29-7)19-17-21/h11-19,27H,8-10,20H2,1-7H3/t25-,26+,31-/m1/s1. The zero-order valence-electron chi connectivity index (χ0n) is 20.7. The maximum Gasteiger partial charge on any atom is 0.193 e. The molecule has 1 saturated carbocycles. The van der Waals surface area contributed by atoms with Gasteiger partial charge in [0.05, 0.1) is 28.4 Å². The second-order valence-corrected chi connectivity index (χ2v) is 16.5. The Balaban J connectivity index is 2.19. The van der Waals surface area contributed by atoms with Crippen LogP contribution < -0.4 is 9.46 Å². The fraction of sp³-hybridized carbons (Fsp3) is 0.538. The third-order valence-corrected chi connectivity index (χ3v) is 13.3. The van der Waals surface area contributed by atoms with Crippen molar-refractivity contribution in [3.05, 3.63) is 65.7 Å². The molecule has 0 bridgehead atoms. The average molecular weight is 474 g/mol. The molecule has 3 atom stereocenters. The molecule has 176 valence electrons. The molecule has 2 aromatic rings. The molecule has 3 rings (SSSR count). The molecule has 6 heteroatoms. The number of benzene rings is 2. The van der Waals surface area contributed by atoms with E-state index in [9.17, 15) is 4.21 Å². The van der Waals surface area contributed by atoms with Crippen LogP contribution in [-0.4, -0.2) is 24.4 Å². The molecule has 0 aromatic heterocycles. The van der Waals surface area contributed by atoms with E-state index in [0.29, 0.717) is 0 Å². The van der Waals surface area contributed by atoms with Crippen LogP contribution in [-0.2, 0) is 26.6 Å². The molecule has 0 unspecified atom stereocenters. The van der Waals surface area contributed by atoms with E-state index in [1.807, 2.05) is 39.0 Å². The van der Waals surface area contributed by atoms with Crippen LogP contribution in [0, 0.1) is 0 Å². The molecule has 0 heterocycles. The van der Waals surface area contributed by atoms with Gasteiger partial charge in [0, 0.05) is 6.42 Å². The van der Waals surface area contributed by atoms with Crippen LogP contribution in [0.25, 0.3) is 0 Å². The average Bonchev–Trinajstić information content (AvgIpc) is 3.46. The van der Waals surface area contributed by atoms with E-state index in [1.165, 1.54) is 0 Å². The van der Waals surface area contributed by atoms with Crippen LogP contribution in [0.2, 0.25) is 18.1 Å². The molecule has 0 radical (unpaired) electrons. The van der Waals surface area contributed by atoms with E-state index in [4.69, 9.17) is 9.16 Å². The Morgan fingerprint density at radius 1 is 0.938 bits per heavy atom. The number of methoxy groups -OCH3 is 1. The monoisotopic (exact) mass is 473 g/mol. The highest BCUT2D eigenvalue weighted by atomic mass is 32.2. The predicted octanol–water partition coefficient (Wildman–Crippen LogP) is 6.26. The Labute approximate surface area is 197 Å². The second-order valence-electron chi connectivity index (χ2n) is 9.83. The van der Waals surface area contributed by atoms with E-state index in [2.05, 4.69) is 61.9 Å². The van der Waals surface area contributed by atoms with Crippen molar-refractivity contribution >= 4 is 19.3 Å². The van der Waals surface area contributed by atoms with Crippen molar-refractivity contribution in [2.75, 3.05) is 7.11 Å². The van der Waals surface area contributed by atoms with Crippen LogP contribution >= 0.6 is 0 Å². The second kappa shape index (κ2) is 9.41. The Morgan fingerprint density at radius 2 is 1.50 bits per heavy atom. The summed E-state index contributed by atoms with van der Waals surface area (Å²) in [6.07, 6.45) is 0.757. The lowest BCUT2D eigenvalue weighted by Crippen LogP contribution is -2.48. The van der Waals surface area contributed by atoms with Gasteiger partial charge in [-0.1, -0.05) is 63.2 Å². The highest BCUT2D eigenvalue weighted by molar-refractivity contribution is 7.84. The van der Waals surface area contributed by atoms with Gasteiger partial charge in [-0.05, 0) is 62.2 Å². The van der Waals surface area contributed by atoms with Gasteiger partial charge in [-0.2, -0.15) is 0 Å². The number of rotatable bonds is 10. The molecular weight excluding hydrogens is 434 g/mol. The molecule has 1 N–H and O–H groups in total. The van der Waals surface area contributed by atoms with Gasteiger partial charge in [-0.15, -0.1) is 0 Å². The van der Waals surface area contributed by atoms with Gasteiger partial charge in [-0.3, -0.25) is 0 Å². The molecule has 1 fully saturated rings. The Bertz CT molecular complexity index is 916. The predicted molar refractivity (Wildman–Crippen MR) is 137 cm³/mol. The first-order chi connectivity index (χ1) is 15.1. The summed E-state index contributed by atoms with van der Waals surface area (Å²) in [5.41, 5.74) is 1.14. The first-order valence-corrected chi connectivity index (χ1v) is 15.4. The van der Waals surface area contributed by atoms with Gasteiger partial charge in [0.2, 0.25) is 0 Å². The van der Waals surface area contributed by atoms with Crippen molar-refractivity contribution in [3.8, 4) is 5.75 Å². The molecule has 2 aromatic carbocycles. The molecule has 32 heavy (non-hydrogen) atoms. The molecule has 1 aliphatic carbocycles. The van der Waals surface area contributed by atoms with Gasteiger partial charge in [0.15, 0.2) is 8.32 Å². The van der Waals surface area contributed by atoms with E-state index in [-0.39, 0.29) is 4.75 Å². The lowest BCUT2D eigenvalue weighted by molar-refractivity contribution is 0.131. The summed E-state index contributed by atoms with van der Waals surface area (Å²) < 4.78 is 29.3. The van der Waals surface area contributed by atoms with Crippen LogP contribution in [0.5, 0.6) is 5.75 Å². The van der Waals surface area contributed by atoms with E-state index < -0.39 is 30.4 Å². The maximum absolute atomic E-state index is 13.4. The first-order valence-electron chi connectivity index (χ1n) is 11.7. The summed E-state index contributed by atoms with van der Waals surface area (Å²) >= 11 is 0. The van der Waals surface area contributed by atoms with Gasteiger partial charge in [0.1, 0.15) is 11.4 Å². The van der Waals surface area contributed by atoms with Gasteiger partial charge < -0.3 is 9.16 Å². The topological polar surface area (TPSA) is 47.6 Å². The van der Waals surface area contributed by atoms with Gasteiger partial charge in [-0.25, -0.2) is 8.93 Å². The molecule has 1 aliphatic rings. The summed E-state index contributed by atoms with van der Waals surface area (Å²) in [4.78, 5) is 0. The Kier molecular flexibility index (Phi) is 7.40. The molecule has 0 spiro atoms. The zero-order valence-corrected chi connectivity index (χ0v) is 22.5. The largest absolute Gasteiger partial charge is 0.497 e. The summed E-state index contributed by atoms with van der Waals surface area (Å²) in [5.74, 6) is 0.812. The van der Waals surface area contributed by atoms with Crippen molar-refractivity contribution in [2.45, 2.75) is 82.0 Å². The summed E-state index contributed by atoms with van der Waals surface area (Å²) in [6, 6.07) is 21.9. The first kappa shape index (κ1) is 25.2. The number of nitrogens with one attached hydrogen (secondary N) is 1. The number of ether oxygens (including phenoxy) is 1. The van der Waals surface area contributed by atoms with E-state index >= 15 is 0 Å². The molecule has 0 aliphatic heterocycles. The highest BCUT2D eigenvalue weighted by Crippen LogP contribution is 2.66. The molecular formula is C26H39NO3SSi. The lowest BCUT2D eigenvalue weighted by Gasteiger charge is -2.38. The van der Waals surface area contributed by atoms with Crippen molar-refractivity contribution < 1.29 is 13.4 Å². The summed E-state index contributed by atoms with van der Waals surface area (Å²) in [5, 5.41) is 0. The van der Waals surface area contributed by atoms with Gasteiger partial charge >= 0.3 is 0 Å². The fourth-order valence-electron chi connectivity index (χ4n) is 4.60. The Hall–Kier alpha value is -1.47. The van der Waals surface area contributed by atoms with Crippen LogP contribution in [0.15, 0.2) is 54.6 Å². The maximum atomic E-state index is 13.4. The van der Waals surface area contributed by atoms with Gasteiger partial charge in [0.25, 0.3) is 0 Å². The quantitative estimate of drug-likeness (QED) is 0.414. The van der Waals surface area contributed by atoms with Crippen molar-refractivity contribution in [1.82, 2.24) is 4.72 Å². The smallest absolute Gasteiger partial charge is 0.193 e. The van der Waals surface area contributed by atoms with E-state index in [1.54, 1.807) is 7.11 Å². The minimum absolute atomic E-state index is 0.390. The summed E-state index contributed by atoms with van der Waals surface area (Å²) in [6.45, 7) is 12.8. The number of hydrogen-bond acceptors (Lipinski definition) is 3. The Morgan fingerprint density at radius 3 is 1.97 bits per heavy atom. The zero-order chi connectivity index (χ0) is 23.6. The molecule has 4 nitrogen and oxygen atoms in total. The minimum Gasteiger partial charge on any atom is -0.497 e. The molecule has 0 saturated heterocycles. The van der Waals surface area contributed by atoms with E-state index in [0.717, 1.165) is 41.4 Å². The fourth-order valence-corrected chi connectivity index (χ4v) is 8.62. The summed E-state index contributed by atoms with van der Waals surface area (Å²) in [7, 11) is -1.55. The van der Waals surface area contributed by atoms with Crippen molar-refractivity contribution in [2.24, 2.45) is 0 Å². The number of hydrogen-bond donors (Lipinski definition) is 1. The SMILES string of the molecule is CC[Si](CC)(CC)O[C@]1(c2ccccc2)C[C@@]1(N[S@](=O)C(C)(C)C)c1ccc(OC)cc1. The normalized spacial score (nSPS) is 24.2.